The van der Waals surface area contributed by atoms with Crippen LogP contribution in [0, 0.1) is 23.2 Å². The van der Waals surface area contributed by atoms with Gasteiger partial charge in [-0.15, -0.1) is 0 Å². The highest BCUT2D eigenvalue weighted by Crippen LogP contribution is 2.42. The van der Waals surface area contributed by atoms with Gasteiger partial charge in [0, 0.05) is 0 Å². The lowest BCUT2D eigenvalue weighted by atomic mass is 9.68. The molecule has 0 aliphatic carbocycles. The van der Waals surface area contributed by atoms with Gasteiger partial charge in [-0.1, -0.05) is 92.4 Å². The number of unbranched alkanes of at least 4 members (excludes halogenated alkanes) is 4. The number of aliphatic carboxylic acids is 2. The minimum Gasteiger partial charge on any atom is -0.481 e. The van der Waals surface area contributed by atoms with Crippen molar-refractivity contribution in [1.82, 2.24) is 0 Å². The zero-order valence-corrected chi connectivity index (χ0v) is 19.1. The summed E-state index contributed by atoms with van der Waals surface area (Å²) in [6.07, 6.45) is 12.4. The molecule has 0 aromatic carbocycles. The van der Waals surface area contributed by atoms with Crippen molar-refractivity contribution < 1.29 is 19.8 Å². The molecule has 0 bridgehead atoms. The Kier molecular flexibility index (Phi) is 14.3. The normalized spacial score (nSPS) is 13.2. The van der Waals surface area contributed by atoms with Gasteiger partial charge < -0.3 is 10.2 Å². The molecule has 2 N–H and O–H groups in total. The number of carboxylic acids is 2. The molecule has 1 unspecified atom stereocenters. The molecule has 0 saturated heterocycles. The van der Waals surface area contributed by atoms with Crippen LogP contribution in [0.4, 0.5) is 0 Å². The summed E-state index contributed by atoms with van der Waals surface area (Å²) in [6.45, 7) is 10.5. The van der Waals surface area contributed by atoms with Gasteiger partial charge in [0.05, 0.1) is 11.3 Å². The lowest BCUT2D eigenvalue weighted by molar-refractivity contribution is -0.152. The fourth-order valence-electron chi connectivity index (χ4n) is 4.40. The average Bonchev–Trinajstić information content (AvgIpc) is 2.68. The van der Waals surface area contributed by atoms with E-state index in [4.69, 9.17) is 5.11 Å². The lowest BCUT2D eigenvalue weighted by Crippen LogP contribution is -2.35. The van der Waals surface area contributed by atoms with Crippen LogP contribution in [0.5, 0.6) is 0 Å². The molecular weight excluding hydrogens is 352 g/mol. The van der Waals surface area contributed by atoms with Crippen molar-refractivity contribution in [3.63, 3.8) is 0 Å². The Balaban J connectivity index is 4.74. The molecule has 0 aliphatic heterocycles. The van der Waals surface area contributed by atoms with E-state index in [1.165, 1.54) is 0 Å². The van der Waals surface area contributed by atoms with Crippen LogP contribution in [0.3, 0.4) is 0 Å². The summed E-state index contributed by atoms with van der Waals surface area (Å²) in [5.41, 5.74) is -0.578. The Labute approximate surface area is 173 Å². The van der Waals surface area contributed by atoms with Crippen molar-refractivity contribution in [3.05, 3.63) is 0 Å². The van der Waals surface area contributed by atoms with Crippen LogP contribution in [0.15, 0.2) is 0 Å². The predicted octanol–water partition coefficient (Wildman–Crippen LogP) is 7.16. The predicted molar refractivity (Wildman–Crippen MR) is 117 cm³/mol. The Hall–Kier alpha value is -1.06. The van der Waals surface area contributed by atoms with Gasteiger partial charge in [-0.3, -0.25) is 9.59 Å². The molecule has 0 rings (SSSR count). The van der Waals surface area contributed by atoms with Crippen LogP contribution in [-0.4, -0.2) is 22.2 Å². The number of carbonyl (C=O) groups is 2. The third kappa shape index (κ3) is 9.93. The molecule has 4 heteroatoms. The molecule has 28 heavy (non-hydrogen) atoms. The highest BCUT2D eigenvalue weighted by Gasteiger charge is 2.40. The second kappa shape index (κ2) is 14.9. The summed E-state index contributed by atoms with van der Waals surface area (Å²) < 4.78 is 0. The quantitative estimate of drug-likeness (QED) is 0.240. The minimum atomic E-state index is -0.714. The van der Waals surface area contributed by atoms with E-state index in [2.05, 4.69) is 27.7 Å². The number of carboxylic acid groups (broad SMARTS) is 2. The summed E-state index contributed by atoms with van der Waals surface area (Å²) >= 11 is 0. The minimum absolute atomic E-state index is 0.264. The number of rotatable bonds is 18. The van der Waals surface area contributed by atoms with E-state index in [1.807, 2.05) is 0 Å². The van der Waals surface area contributed by atoms with Crippen LogP contribution < -0.4 is 0 Å². The maximum Gasteiger partial charge on any atom is 0.309 e. The van der Waals surface area contributed by atoms with Crippen LogP contribution in [0.2, 0.25) is 0 Å². The summed E-state index contributed by atoms with van der Waals surface area (Å²) in [5, 5.41) is 19.1. The average molecular weight is 399 g/mol. The van der Waals surface area contributed by atoms with Gasteiger partial charge in [0.1, 0.15) is 0 Å². The van der Waals surface area contributed by atoms with Crippen molar-refractivity contribution >= 4 is 11.9 Å². The van der Waals surface area contributed by atoms with Crippen molar-refractivity contribution in [2.75, 3.05) is 0 Å². The fourth-order valence-corrected chi connectivity index (χ4v) is 4.40. The maximum absolute atomic E-state index is 12.4. The Morgan fingerprint density at radius 1 is 0.750 bits per heavy atom. The summed E-state index contributed by atoms with van der Waals surface area (Å²) in [6, 6.07) is 0. The van der Waals surface area contributed by atoms with E-state index in [1.54, 1.807) is 6.92 Å². The van der Waals surface area contributed by atoms with Gasteiger partial charge in [0.15, 0.2) is 0 Å². The Morgan fingerprint density at radius 3 is 1.57 bits per heavy atom. The molecule has 0 saturated carbocycles. The SMILES string of the molecule is CCC(CC)CC(CCCCCCCC(C)C(=O)O)(CC(CC)CC)C(=O)O. The maximum atomic E-state index is 12.4. The first kappa shape index (κ1) is 26.9. The molecule has 0 aliphatic rings. The van der Waals surface area contributed by atoms with Gasteiger partial charge in [-0.05, 0) is 37.5 Å². The van der Waals surface area contributed by atoms with Crippen molar-refractivity contribution in [3.8, 4) is 0 Å². The van der Waals surface area contributed by atoms with Crippen LogP contribution in [0.25, 0.3) is 0 Å². The molecule has 0 heterocycles. The van der Waals surface area contributed by atoms with E-state index < -0.39 is 17.4 Å². The molecule has 0 fully saturated rings. The number of hydrogen-bond acceptors (Lipinski definition) is 2. The van der Waals surface area contributed by atoms with Gasteiger partial charge in [-0.2, -0.15) is 0 Å². The van der Waals surface area contributed by atoms with E-state index in [-0.39, 0.29) is 5.92 Å². The molecule has 4 nitrogen and oxygen atoms in total. The highest BCUT2D eigenvalue weighted by atomic mass is 16.4. The molecular formula is C24H46O4. The lowest BCUT2D eigenvalue weighted by Gasteiger charge is -2.35. The van der Waals surface area contributed by atoms with Gasteiger partial charge in [0.25, 0.3) is 0 Å². The third-order valence-corrected chi connectivity index (χ3v) is 6.84. The monoisotopic (exact) mass is 398 g/mol. The molecule has 166 valence electrons. The molecule has 0 radical (unpaired) electrons. The van der Waals surface area contributed by atoms with E-state index in [9.17, 15) is 14.7 Å². The van der Waals surface area contributed by atoms with Crippen molar-refractivity contribution in [2.24, 2.45) is 23.2 Å². The molecule has 0 spiro atoms. The molecule has 0 amide bonds. The van der Waals surface area contributed by atoms with Crippen molar-refractivity contribution in [2.45, 2.75) is 118 Å². The largest absolute Gasteiger partial charge is 0.481 e. The second-order valence-corrected chi connectivity index (χ2v) is 8.90. The fraction of sp³-hybridized carbons (Fsp3) is 0.917. The first-order chi connectivity index (χ1) is 13.3. The zero-order valence-electron chi connectivity index (χ0n) is 19.1. The Bertz CT molecular complexity index is 410. The zero-order chi connectivity index (χ0) is 21.6. The first-order valence-corrected chi connectivity index (χ1v) is 11.7. The summed E-state index contributed by atoms with van der Waals surface area (Å²) in [7, 11) is 0. The van der Waals surface area contributed by atoms with Crippen LogP contribution in [-0.2, 0) is 9.59 Å². The Morgan fingerprint density at radius 2 is 1.18 bits per heavy atom. The van der Waals surface area contributed by atoms with Crippen LogP contribution >= 0.6 is 0 Å². The standard InChI is InChI=1S/C24H46O4/c1-6-20(7-2)17-24(23(27)28,18-21(8-3)9-4)16-14-12-10-11-13-15-19(5)22(25)26/h19-21H,6-18H2,1-5H3,(H,25,26)(H,27,28). The summed E-state index contributed by atoms with van der Waals surface area (Å²) in [4.78, 5) is 23.3. The number of hydrogen-bond donors (Lipinski definition) is 2. The molecule has 0 aromatic rings. The van der Waals surface area contributed by atoms with Gasteiger partial charge in [0.2, 0.25) is 0 Å². The van der Waals surface area contributed by atoms with Gasteiger partial charge in [-0.25, -0.2) is 0 Å². The topological polar surface area (TPSA) is 74.6 Å². The first-order valence-electron chi connectivity index (χ1n) is 11.7. The summed E-state index contributed by atoms with van der Waals surface area (Å²) in [5.74, 6) is -0.596. The van der Waals surface area contributed by atoms with Crippen LogP contribution in [0.1, 0.15) is 118 Å². The highest BCUT2D eigenvalue weighted by molar-refractivity contribution is 5.74. The molecule has 1 atom stereocenters. The van der Waals surface area contributed by atoms with E-state index in [0.717, 1.165) is 83.5 Å². The third-order valence-electron chi connectivity index (χ3n) is 6.84. The smallest absolute Gasteiger partial charge is 0.309 e. The molecule has 0 aromatic heterocycles. The van der Waals surface area contributed by atoms with E-state index in [0.29, 0.717) is 11.8 Å². The van der Waals surface area contributed by atoms with Crippen molar-refractivity contribution in [1.29, 1.82) is 0 Å². The van der Waals surface area contributed by atoms with E-state index >= 15 is 0 Å². The van der Waals surface area contributed by atoms with Gasteiger partial charge >= 0.3 is 11.9 Å². The second-order valence-electron chi connectivity index (χ2n) is 8.90.